The van der Waals surface area contributed by atoms with Crippen LogP contribution in [-0.2, 0) is 9.63 Å². The third-order valence-corrected chi connectivity index (χ3v) is 4.01. The summed E-state index contributed by atoms with van der Waals surface area (Å²) in [5.41, 5.74) is 0.856. The highest BCUT2D eigenvalue weighted by atomic mass is 16.6. The highest BCUT2D eigenvalue weighted by Crippen LogP contribution is 2.15. The highest BCUT2D eigenvalue weighted by Gasteiger charge is 2.22. The van der Waals surface area contributed by atoms with Crippen molar-refractivity contribution in [2.45, 2.75) is 25.8 Å². The van der Waals surface area contributed by atoms with Crippen molar-refractivity contribution < 1.29 is 14.4 Å². The smallest absolute Gasteiger partial charge is 0.260 e. The Labute approximate surface area is 137 Å². The van der Waals surface area contributed by atoms with Gasteiger partial charge in [-0.25, -0.2) is 0 Å². The molecule has 6 heteroatoms. The number of amides is 1. The first-order chi connectivity index (χ1) is 11.2. The number of carbonyl (C=O) groups excluding carboxylic acids is 1. The van der Waals surface area contributed by atoms with Crippen LogP contribution in [0, 0.1) is 0 Å². The largest absolute Gasteiger partial charge is 0.497 e. The van der Waals surface area contributed by atoms with Crippen molar-refractivity contribution in [1.29, 1.82) is 0 Å². The van der Waals surface area contributed by atoms with Crippen molar-refractivity contribution in [3.63, 3.8) is 0 Å². The summed E-state index contributed by atoms with van der Waals surface area (Å²) in [6.07, 6.45) is 3.91. The molecule has 0 aliphatic carbocycles. The zero-order chi connectivity index (χ0) is 16.5. The minimum atomic E-state index is -0.143. The summed E-state index contributed by atoms with van der Waals surface area (Å²) in [6, 6.07) is 7.90. The number of methoxy groups -OCH3 is 1. The normalized spacial score (nSPS) is 18.3. The fourth-order valence-electron chi connectivity index (χ4n) is 2.74. The number of benzene rings is 1. The Bertz CT molecular complexity index is 534. The standard InChI is InChI=1S/C17H25N3O3/c1-3-20-9-5-7-15(20)12-18-17(21)13-23-19-11-14-6-4-8-16(10-14)22-2/h4,6,8,10-11,15H,3,5,7,9,12-13H2,1-2H3,(H,18,21)/b19-11+/t15-/m0/s1. The summed E-state index contributed by atoms with van der Waals surface area (Å²) < 4.78 is 5.13. The molecule has 0 saturated carbocycles. The number of rotatable bonds is 8. The summed E-state index contributed by atoms with van der Waals surface area (Å²) in [7, 11) is 1.61. The number of hydrogen-bond acceptors (Lipinski definition) is 5. The molecule has 1 aromatic carbocycles. The van der Waals surface area contributed by atoms with E-state index in [4.69, 9.17) is 9.57 Å². The lowest BCUT2D eigenvalue weighted by atomic mass is 10.2. The SMILES string of the molecule is CCN1CCC[C@H]1CNC(=O)CO/N=C/c1cccc(OC)c1. The van der Waals surface area contributed by atoms with Crippen LogP contribution < -0.4 is 10.1 Å². The van der Waals surface area contributed by atoms with Gasteiger partial charge < -0.3 is 14.9 Å². The minimum Gasteiger partial charge on any atom is -0.497 e. The zero-order valence-corrected chi connectivity index (χ0v) is 13.8. The van der Waals surface area contributed by atoms with E-state index >= 15 is 0 Å². The Kier molecular flexibility index (Phi) is 6.87. The van der Waals surface area contributed by atoms with Crippen molar-refractivity contribution in [2.24, 2.45) is 5.16 Å². The number of carbonyl (C=O) groups is 1. The summed E-state index contributed by atoms with van der Waals surface area (Å²) in [5.74, 6) is 0.611. The van der Waals surface area contributed by atoms with E-state index in [0.29, 0.717) is 12.6 Å². The zero-order valence-electron chi connectivity index (χ0n) is 13.8. The Hall–Kier alpha value is -2.08. The molecule has 1 atom stereocenters. The maximum Gasteiger partial charge on any atom is 0.260 e. The second-order valence-electron chi connectivity index (χ2n) is 5.51. The van der Waals surface area contributed by atoms with E-state index in [1.165, 1.54) is 6.42 Å². The lowest BCUT2D eigenvalue weighted by molar-refractivity contribution is -0.125. The van der Waals surface area contributed by atoms with Gasteiger partial charge in [-0.05, 0) is 43.6 Å². The van der Waals surface area contributed by atoms with Crippen LogP contribution in [0.3, 0.4) is 0 Å². The Balaban J connectivity index is 1.67. The first-order valence-corrected chi connectivity index (χ1v) is 8.03. The van der Waals surface area contributed by atoms with Gasteiger partial charge in [-0.15, -0.1) is 0 Å². The lowest BCUT2D eigenvalue weighted by Crippen LogP contribution is -2.41. The highest BCUT2D eigenvalue weighted by molar-refractivity contribution is 5.80. The summed E-state index contributed by atoms with van der Waals surface area (Å²) >= 11 is 0. The van der Waals surface area contributed by atoms with Gasteiger partial charge in [0.1, 0.15) is 5.75 Å². The second-order valence-corrected chi connectivity index (χ2v) is 5.51. The predicted molar refractivity (Wildman–Crippen MR) is 89.8 cm³/mol. The number of likely N-dealkylation sites (N-methyl/N-ethyl adjacent to an activating group) is 1. The van der Waals surface area contributed by atoms with E-state index in [0.717, 1.165) is 30.8 Å². The Morgan fingerprint density at radius 1 is 1.52 bits per heavy atom. The molecule has 0 aromatic heterocycles. The molecule has 1 amide bonds. The fraction of sp³-hybridized carbons (Fsp3) is 0.529. The van der Waals surface area contributed by atoms with E-state index in [1.807, 2.05) is 24.3 Å². The number of likely N-dealkylation sites (tertiary alicyclic amines) is 1. The van der Waals surface area contributed by atoms with Crippen LogP contribution in [0.25, 0.3) is 0 Å². The van der Waals surface area contributed by atoms with E-state index in [1.54, 1.807) is 13.3 Å². The van der Waals surface area contributed by atoms with Gasteiger partial charge in [0.2, 0.25) is 0 Å². The number of nitrogens with zero attached hydrogens (tertiary/aromatic N) is 2. The average Bonchev–Trinajstić information content (AvgIpc) is 3.04. The van der Waals surface area contributed by atoms with Crippen LogP contribution >= 0.6 is 0 Å². The molecule has 23 heavy (non-hydrogen) atoms. The third-order valence-electron chi connectivity index (χ3n) is 4.01. The van der Waals surface area contributed by atoms with Gasteiger partial charge >= 0.3 is 0 Å². The van der Waals surface area contributed by atoms with Gasteiger partial charge in [-0.1, -0.05) is 24.2 Å². The molecule has 1 aliphatic heterocycles. The van der Waals surface area contributed by atoms with Gasteiger partial charge in [0.05, 0.1) is 13.3 Å². The van der Waals surface area contributed by atoms with Crippen LogP contribution in [-0.4, -0.2) is 56.4 Å². The minimum absolute atomic E-state index is 0.0701. The molecule has 126 valence electrons. The first kappa shape index (κ1) is 17.3. The van der Waals surface area contributed by atoms with Crippen LogP contribution in [0.2, 0.25) is 0 Å². The molecule has 1 heterocycles. The van der Waals surface area contributed by atoms with E-state index in [2.05, 4.69) is 22.3 Å². The Morgan fingerprint density at radius 3 is 3.17 bits per heavy atom. The Morgan fingerprint density at radius 2 is 2.39 bits per heavy atom. The van der Waals surface area contributed by atoms with Crippen molar-refractivity contribution >= 4 is 12.1 Å². The predicted octanol–water partition coefficient (Wildman–Crippen LogP) is 1.65. The van der Waals surface area contributed by atoms with E-state index in [9.17, 15) is 4.79 Å². The van der Waals surface area contributed by atoms with Crippen LogP contribution in [0.15, 0.2) is 29.4 Å². The first-order valence-electron chi connectivity index (χ1n) is 8.03. The lowest BCUT2D eigenvalue weighted by Gasteiger charge is -2.22. The van der Waals surface area contributed by atoms with E-state index in [-0.39, 0.29) is 12.5 Å². The summed E-state index contributed by atoms with van der Waals surface area (Å²) in [4.78, 5) is 19.2. The summed E-state index contributed by atoms with van der Waals surface area (Å²) in [6.45, 7) is 4.91. The van der Waals surface area contributed by atoms with Crippen molar-refractivity contribution in [2.75, 3.05) is 33.4 Å². The number of hydrogen-bond donors (Lipinski definition) is 1. The molecule has 0 unspecified atom stereocenters. The molecule has 1 fully saturated rings. The summed E-state index contributed by atoms with van der Waals surface area (Å²) in [5, 5.41) is 6.72. The quantitative estimate of drug-likeness (QED) is 0.584. The maximum absolute atomic E-state index is 11.8. The molecule has 1 aliphatic rings. The maximum atomic E-state index is 11.8. The molecule has 2 rings (SSSR count). The molecular formula is C17H25N3O3. The molecule has 0 radical (unpaired) electrons. The molecule has 0 bridgehead atoms. The van der Waals surface area contributed by atoms with E-state index < -0.39 is 0 Å². The molecule has 1 aromatic rings. The van der Waals surface area contributed by atoms with Crippen molar-refractivity contribution in [3.8, 4) is 5.75 Å². The average molecular weight is 319 g/mol. The van der Waals surface area contributed by atoms with Gasteiger partial charge in [0, 0.05) is 12.6 Å². The molecule has 1 saturated heterocycles. The van der Waals surface area contributed by atoms with Crippen molar-refractivity contribution in [3.05, 3.63) is 29.8 Å². The molecule has 1 N–H and O–H groups in total. The fourth-order valence-corrected chi connectivity index (χ4v) is 2.74. The van der Waals surface area contributed by atoms with Gasteiger partial charge in [-0.3, -0.25) is 9.69 Å². The monoisotopic (exact) mass is 319 g/mol. The topological polar surface area (TPSA) is 63.2 Å². The van der Waals surface area contributed by atoms with Crippen LogP contribution in [0.4, 0.5) is 0 Å². The number of nitrogens with one attached hydrogen (secondary N) is 1. The van der Waals surface area contributed by atoms with Crippen molar-refractivity contribution in [1.82, 2.24) is 10.2 Å². The molecule has 6 nitrogen and oxygen atoms in total. The van der Waals surface area contributed by atoms with Gasteiger partial charge in [0.15, 0.2) is 6.61 Å². The second kappa shape index (κ2) is 9.15. The van der Waals surface area contributed by atoms with Crippen LogP contribution in [0.1, 0.15) is 25.3 Å². The molecular weight excluding hydrogens is 294 g/mol. The molecule has 0 spiro atoms. The third kappa shape index (κ3) is 5.56. The number of ether oxygens (including phenoxy) is 1. The number of oxime groups is 1. The van der Waals surface area contributed by atoms with Crippen LogP contribution in [0.5, 0.6) is 5.75 Å². The van der Waals surface area contributed by atoms with Gasteiger partial charge in [-0.2, -0.15) is 0 Å². The van der Waals surface area contributed by atoms with Gasteiger partial charge in [0.25, 0.3) is 5.91 Å².